The van der Waals surface area contributed by atoms with Gasteiger partial charge in [-0.2, -0.15) is 0 Å². The van der Waals surface area contributed by atoms with Crippen molar-refractivity contribution in [1.29, 1.82) is 0 Å². The van der Waals surface area contributed by atoms with E-state index in [0.717, 1.165) is 24.2 Å². The summed E-state index contributed by atoms with van der Waals surface area (Å²) >= 11 is 0. The summed E-state index contributed by atoms with van der Waals surface area (Å²) in [7, 11) is 0. The minimum atomic E-state index is -0.278. The van der Waals surface area contributed by atoms with E-state index < -0.39 is 0 Å². The Morgan fingerprint density at radius 2 is 1.96 bits per heavy atom. The van der Waals surface area contributed by atoms with Crippen LogP contribution in [0.1, 0.15) is 25.7 Å². The molecule has 1 aliphatic heterocycles. The van der Waals surface area contributed by atoms with Crippen LogP contribution in [-0.4, -0.2) is 27.7 Å². The molecule has 2 aromatic carbocycles. The van der Waals surface area contributed by atoms with Gasteiger partial charge in [0.1, 0.15) is 17.4 Å². The molecule has 1 unspecified atom stereocenters. The molecule has 1 saturated carbocycles. The number of phenols is 1. The van der Waals surface area contributed by atoms with Crippen LogP contribution < -0.4 is 4.90 Å². The number of phenolic OH excluding ortho intramolecular Hbond substituents is 1. The third-order valence-corrected chi connectivity index (χ3v) is 5.71. The van der Waals surface area contributed by atoms with Crippen molar-refractivity contribution in [3.8, 4) is 17.1 Å². The second-order valence-corrected chi connectivity index (χ2v) is 7.39. The highest BCUT2D eigenvalue weighted by Gasteiger charge is 2.36. The zero-order chi connectivity index (χ0) is 17.7. The molecule has 2 bridgehead atoms. The predicted molar refractivity (Wildman–Crippen MR) is 99.7 cm³/mol. The van der Waals surface area contributed by atoms with Gasteiger partial charge in [0.2, 0.25) is 0 Å². The molecule has 1 N–H and O–H groups in total. The standard InChI is InChI=1S/C21H20FN3O/c22-14-8-9-18-17(11-14)21(25-12-13-4-3-5-15(25)10-13)24-20(23-18)16-6-1-2-7-19(16)26/h1-2,6-9,11,13,15,26H,3-5,10,12H2/t13-,15?/m1/s1. The van der Waals surface area contributed by atoms with E-state index in [-0.39, 0.29) is 11.6 Å². The highest BCUT2D eigenvalue weighted by Crippen LogP contribution is 2.41. The van der Waals surface area contributed by atoms with Crippen LogP contribution in [0.25, 0.3) is 22.3 Å². The number of hydrogen-bond acceptors (Lipinski definition) is 4. The smallest absolute Gasteiger partial charge is 0.165 e. The molecule has 1 aromatic heterocycles. The van der Waals surface area contributed by atoms with Crippen LogP contribution in [0.4, 0.5) is 10.2 Å². The van der Waals surface area contributed by atoms with Crippen LogP contribution in [0.3, 0.4) is 0 Å². The van der Waals surface area contributed by atoms with E-state index in [0.29, 0.717) is 28.9 Å². The zero-order valence-corrected chi connectivity index (χ0v) is 14.4. The van der Waals surface area contributed by atoms with Gasteiger partial charge < -0.3 is 10.0 Å². The van der Waals surface area contributed by atoms with Gasteiger partial charge >= 0.3 is 0 Å². The van der Waals surface area contributed by atoms with Gasteiger partial charge in [0.15, 0.2) is 5.82 Å². The van der Waals surface area contributed by atoms with Crippen LogP contribution in [0.15, 0.2) is 42.5 Å². The molecule has 2 atom stereocenters. The van der Waals surface area contributed by atoms with Gasteiger partial charge in [-0.25, -0.2) is 14.4 Å². The van der Waals surface area contributed by atoms with Crippen molar-refractivity contribution >= 4 is 16.7 Å². The van der Waals surface area contributed by atoms with Crippen LogP contribution in [0.2, 0.25) is 0 Å². The summed E-state index contributed by atoms with van der Waals surface area (Å²) in [5, 5.41) is 11.0. The van der Waals surface area contributed by atoms with E-state index in [1.54, 1.807) is 18.2 Å². The SMILES string of the molecule is Oc1ccccc1-c1nc(N2C[C@@H]3CCCC2C3)c2cc(F)ccc2n1. The topological polar surface area (TPSA) is 49.3 Å². The van der Waals surface area contributed by atoms with E-state index in [2.05, 4.69) is 9.88 Å². The van der Waals surface area contributed by atoms with Crippen molar-refractivity contribution in [2.24, 2.45) is 5.92 Å². The summed E-state index contributed by atoms with van der Waals surface area (Å²) in [6.07, 6.45) is 4.85. The Morgan fingerprint density at radius 3 is 2.81 bits per heavy atom. The Balaban J connectivity index is 1.72. The van der Waals surface area contributed by atoms with Gasteiger partial charge in [0.25, 0.3) is 0 Å². The van der Waals surface area contributed by atoms with Crippen LogP contribution >= 0.6 is 0 Å². The minimum absolute atomic E-state index is 0.153. The second kappa shape index (κ2) is 5.94. The molecule has 132 valence electrons. The van der Waals surface area contributed by atoms with E-state index in [4.69, 9.17) is 4.98 Å². The molecule has 2 heterocycles. The van der Waals surface area contributed by atoms with E-state index in [1.165, 1.54) is 31.4 Å². The van der Waals surface area contributed by atoms with Gasteiger partial charge in [0.05, 0.1) is 11.1 Å². The highest BCUT2D eigenvalue weighted by atomic mass is 19.1. The van der Waals surface area contributed by atoms with Crippen molar-refractivity contribution in [2.75, 3.05) is 11.4 Å². The average Bonchev–Trinajstić information content (AvgIpc) is 2.94. The number of para-hydroxylation sites is 1. The van der Waals surface area contributed by atoms with E-state index in [1.807, 2.05) is 12.1 Å². The lowest BCUT2D eigenvalue weighted by Crippen LogP contribution is -2.29. The summed E-state index contributed by atoms with van der Waals surface area (Å²) in [5.74, 6) is 1.85. The first-order valence-corrected chi connectivity index (χ1v) is 9.21. The largest absolute Gasteiger partial charge is 0.507 e. The van der Waals surface area contributed by atoms with Crippen LogP contribution in [-0.2, 0) is 0 Å². The zero-order valence-electron chi connectivity index (χ0n) is 14.4. The monoisotopic (exact) mass is 349 g/mol. The van der Waals surface area contributed by atoms with Crippen molar-refractivity contribution in [3.05, 3.63) is 48.3 Å². The Kier molecular flexibility index (Phi) is 3.55. The van der Waals surface area contributed by atoms with Crippen LogP contribution in [0.5, 0.6) is 5.75 Å². The predicted octanol–water partition coefficient (Wildman–Crippen LogP) is 4.52. The van der Waals surface area contributed by atoms with Crippen molar-refractivity contribution in [3.63, 3.8) is 0 Å². The highest BCUT2D eigenvalue weighted by molar-refractivity contribution is 5.91. The van der Waals surface area contributed by atoms with Gasteiger partial charge in [-0.3, -0.25) is 0 Å². The summed E-state index contributed by atoms with van der Waals surface area (Å²) in [6.45, 7) is 0.966. The summed E-state index contributed by atoms with van der Waals surface area (Å²) in [6, 6.07) is 12.2. The maximum atomic E-state index is 13.9. The molecule has 0 radical (unpaired) electrons. The molecule has 2 fully saturated rings. The first-order valence-electron chi connectivity index (χ1n) is 9.21. The number of halogens is 1. The number of aromatic hydroxyl groups is 1. The lowest BCUT2D eigenvalue weighted by atomic mass is 9.90. The quantitative estimate of drug-likeness (QED) is 0.739. The van der Waals surface area contributed by atoms with Gasteiger partial charge in [-0.05, 0) is 55.5 Å². The van der Waals surface area contributed by atoms with Gasteiger partial charge in [0, 0.05) is 18.0 Å². The lowest BCUT2D eigenvalue weighted by molar-refractivity contribution is 0.415. The number of anilines is 1. The van der Waals surface area contributed by atoms with Crippen molar-refractivity contribution < 1.29 is 9.50 Å². The van der Waals surface area contributed by atoms with Gasteiger partial charge in [-0.15, -0.1) is 0 Å². The minimum Gasteiger partial charge on any atom is -0.507 e. The Morgan fingerprint density at radius 1 is 1.08 bits per heavy atom. The Labute approximate surface area is 151 Å². The molecule has 0 amide bonds. The number of nitrogens with zero attached hydrogens (tertiary/aromatic N) is 3. The number of aromatic nitrogens is 2. The fraction of sp³-hybridized carbons (Fsp3) is 0.333. The lowest BCUT2D eigenvalue weighted by Gasteiger charge is -2.27. The number of rotatable bonds is 2. The number of hydrogen-bond donors (Lipinski definition) is 1. The summed E-state index contributed by atoms with van der Waals surface area (Å²) in [4.78, 5) is 11.7. The molecule has 2 aliphatic rings. The normalized spacial score (nSPS) is 22.1. The summed E-state index contributed by atoms with van der Waals surface area (Å²) < 4.78 is 13.9. The van der Waals surface area contributed by atoms with Crippen molar-refractivity contribution in [1.82, 2.24) is 9.97 Å². The third kappa shape index (κ3) is 2.50. The van der Waals surface area contributed by atoms with Crippen LogP contribution in [0, 0.1) is 11.7 Å². The third-order valence-electron chi connectivity index (χ3n) is 5.71. The maximum absolute atomic E-state index is 13.9. The number of benzene rings is 2. The first kappa shape index (κ1) is 15.6. The molecule has 5 rings (SSSR count). The van der Waals surface area contributed by atoms with Crippen molar-refractivity contribution in [2.45, 2.75) is 31.7 Å². The molecule has 3 aromatic rings. The maximum Gasteiger partial charge on any atom is 0.165 e. The second-order valence-electron chi connectivity index (χ2n) is 7.39. The Bertz CT molecular complexity index is 990. The van der Waals surface area contributed by atoms with Gasteiger partial charge in [-0.1, -0.05) is 18.6 Å². The Hall–Kier alpha value is -2.69. The fourth-order valence-electron chi connectivity index (χ4n) is 4.48. The molecular formula is C21H20FN3O. The summed E-state index contributed by atoms with van der Waals surface area (Å²) in [5.41, 5.74) is 1.30. The molecule has 1 aliphatic carbocycles. The molecule has 1 saturated heterocycles. The van der Waals surface area contributed by atoms with E-state index in [9.17, 15) is 9.50 Å². The fourth-order valence-corrected chi connectivity index (χ4v) is 4.48. The molecular weight excluding hydrogens is 329 g/mol. The molecule has 5 heteroatoms. The first-order chi connectivity index (χ1) is 12.7. The molecule has 0 spiro atoms. The molecule has 4 nitrogen and oxygen atoms in total. The molecule has 26 heavy (non-hydrogen) atoms. The number of fused-ring (bicyclic) bond motifs is 3. The van der Waals surface area contributed by atoms with E-state index >= 15 is 0 Å². The average molecular weight is 349 g/mol.